The number of alkyl halides is 3. The minimum atomic E-state index is -4.33. The van der Waals surface area contributed by atoms with E-state index >= 15 is 0 Å². The summed E-state index contributed by atoms with van der Waals surface area (Å²) in [6.45, 7) is 1.03. The van der Waals surface area contributed by atoms with Gasteiger partial charge in [0.2, 0.25) is 0 Å². The van der Waals surface area contributed by atoms with Gasteiger partial charge in [0.1, 0.15) is 0 Å². The second kappa shape index (κ2) is 6.08. The summed E-state index contributed by atoms with van der Waals surface area (Å²) < 4.78 is 37.2. The molecular formula is C10H11F3LiNO2. The van der Waals surface area contributed by atoms with Crippen molar-refractivity contribution in [3.63, 3.8) is 0 Å². The summed E-state index contributed by atoms with van der Waals surface area (Å²) in [4.78, 5) is 14.1. The second-order valence-corrected chi connectivity index (χ2v) is 3.41. The molecule has 0 aliphatic carbocycles. The van der Waals surface area contributed by atoms with Crippen LogP contribution < -0.4 is 0 Å². The summed E-state index contributed by atoms with van der Waals surface area (Å²) in [5, 5.41) is 8.49. The molecule has 0 amide bonds. The van der Waals surface area contributed by atoms with Crippen LogP contribution in [0.3, 0.4) is 0 Å². The molecule has 0 aliphatic rings. The van der Waals surface area contributed by atoms with Gasteiger partial charge in [-0.2, -0.15) is 13.2 Å². The number of carboxylic acids is 1. The SMILES string of the molecule is CC(c1ccnc(CC(=O)O)c1)C(F)(F)F.[LiH]. The zero-order chi connectivity index (χ0) is 12.3. The molecule has 1 unspecified atom stereocenters. The van der Waals surface area contributed by atoms with Crippen LogP contribution in [0.25, 0.3) is 0 Å². The molecule has 0 radical (unpaired) electrons. The van der Waals surface area contributed by atoms with E-state index < -0.39 is 18.1 Å². The molecule has 0 aliphatic heterocycles. The molecule has 90 valence electrons. The van der Waals surface area contributed by atoms with Crippen molar-refractivity contribution in [2.24, 2.45) is 0 Å². The monoisotopic (exact) mass is 241 g/mol. The fourth-order valence-corrected chi connectivity index (χ4v) is 1.21. The molecule has 7 heteroatoms. The Kier molecular flexibility index (Phi) is 5.72. The van der Waals surface area contributed by atoms with Gasteiger partial charge in [-0.15, -0.1) is 0 Å². The quantitative estimate of drug-likeness (QED) is 0.820. The Balaban J connectivity index is 0.00000256. The van der Waals surface area contributed by atoms with Crippen LogP contribution in [0.5, 0.6) is 0 Å². The molecule has 0 fully saturated rings. The summed E-state index contributed by atoms with van der Waals surface area (Å²) in [5.74, 6) is -2.74. The van der Waals surface area contributed by atoms with Gasteiger partial charge >= 0.3 is 31.0 Å². The number of hydrogen-bond acceptors (Lipinski definition) is 2. The maximum atomic E-state index is 12.4. The number of nitrogens with zero attached hydrogens (tertiary/aromatic N) is 1. The van der Waals surface area contributed by atoms with Gasteiger partial charge in [-0.3, -0.25) is 9.78 Å². The standard InChI is InChI=1S/C10H10F3NO2.Li.H/c1-6(10(11,12)13)7-2-3-14-8(4-7)5-9(15)16;;/h2-4,6H,5H2,1H3,(H,15,16);;. The van der Waals surface area contributed by atoms with Crippen molar-refractivity contribution in [3.8, 4) is 0 Å². The average Bonchev–Trinajstić information content (AvgIpc) is 2.14. The summed E-state index contributed by atoms with van der Waals surface area (Å²) in [6, 6.07) is 2.41. The molecule has 17 heavy (non-hydrogen) atoms. The zero-order valence-corrected chi connectivity index (χ0v) is 8.45. The van der Waals surface area contributed by atoms with E-state index in [0.29, 0.717) is 0 Å². The molecule has 0 saturated carbocycles. The van der Waals surface area contributed by atoms with Crippen molar-refractivity contribution >= 4 is 24.8 Å². The van der Waals surface area contributed by atoms with Crippen molar-refractivity contribution < 1.29 is 23.1 Å². The van der Waals surface area contributed by atoms with E-state index in [4.69, 9.17) is 5.11 Å². The number of pyridine rings is 1. The van der Waals surface area contributed by atoms with Gasteiger partial charge in [0.15, 0.2) is 0 Å². The molecule has 1 atom stereocenters. The van der Waals surface area contributed by atoms with Crippen LogP contribution in [0.4, 0.5) is 13.2 Å². The average molecular weight is 241 g/mol. The number of hydrogen-bond donors (Lipinski definition) is 1. The van der Waals surface area contributed by atoms with Crippen molar-refractivity contribution in [1.82, 2.24) is 4.98 Å². The first-order chi connectivity index (χ1) is 7.30. The van der Waals surface area contributed by atoms with Crippen molar-refractivity contribution in [2.45, 2.75) is 25.4 Å². The zero-order valence-electron chi connectivity index (χ0n) is 8.45. The van der Waals surface area contributed by atoms with E-state index in [1.165, 1.54) is 18.3 Å². The molecule has 1 aromatic rings. The molecule has 3 nitrogen and oxygen atoms in total. The first-order valence-corrected chi connectivity index (χ1v) is 4.54. The number of halogens is 3. The van der Waals surface area contributed by atoms with Crippen LogP contribution in [-0.4, -0.2) is 41.1 Å². The summed E-state index contributed by atoms with van der Waals surface area (Å²) >= 11 is 0. The number of carbonyl (C=O) groups is 1. The van der Waals surface area contributed by atoms with E-state index in [9.17, 15) is 18.0 Å². The normalized spacial score (nSPS) is 12.7. The van der Waals surface area contributed by atoms with Crippen LogP contribution >= 0.6 is 0 Å². The van der Waals surface area contributed by atoms with Crippen LogP contribution in [-0.2, 0) is 11.2 Å². The Hall–Kier alpha value is -0.993. The molecule has 0 aromatic carbocycles. The van der Waals surface area contributed by atoms with Gasteiger partial charge < -0.3 is 5.11 Å². The van der Waals surface area contributed by atoms with E-state index in [2.05, 4.69) is 4.98 Å². The third kappa shape index (κ3) is 4.80. The molecule has 0 spiro atoms. The second-order valence-electron chi connectivity index (χ2n) is 3.41. The third-order valence-electron chi connectivity index (χ3n) is 2.16. The molecule has 1 N–H and O–H groups in total. The minimum absolute atomic E-state index is 0. The predicted molar refractivity (Wildman–Crippen MR) is 57.2 cm³/mol. The first-order valence-electron chi connectivity index (χ1n) is 4.54. The summed E-state index contributed by atoms with van der Waals surface area (Å²) in [5.41, 5.74) is 0.153. The number of rotatable bonds is 3. The van der Waals surface area contributed by atoms with Gasteiger partial charge in [0, 0.05) is 6.20 Å². The van der Waals surface area contributed by atoms with Gasteiger partial charge in [0.25, 0.3) is 0 Å². The summed E-state index contributed by atoms with van der Waals surface area (Å²) in [7, 11) is 0. The van der Waals surface area contributed by atoms with E-state index in [1.54, 1.807) is 0 Å². The number of carboxylic acid groups (broad SMARTS) is 1. The molecule has 0 saturated heterocycles. The Morgan fingerprint density at radius 1 is 1.53 bits per heavy atom. The molecule has 1 rings (SSSR count). The number of aromatic nitrogens is 1. The Labute approximate surface area is 108 Å². The molecule has 0 bridgehead atoms. The van der Waals surface area contributed by atoms with Crippen molar-refractivity contribution in [3.05, 3.63) is 29.6 Å². The van der Waals surface area contributed by atoms with Crippen LogP contribution in [0.1, 0.15) is 24.1 Å². The molecular weight excluding hydrogens is 230 g/mol. The van der Waals surface area contributed by atoms with Crippen LogP contribution in [0.15, 0.2) is 18.3 Å². The van der Waals surface area contributed by atoms with Gasteiger partial charge in [-0.05, 0) is 24.6 Å². The van der Waals surface area contributed by atoms with Gasteiger partial charge in [-0.1, -0.05) is 0 Å². The van der Waals surface area contributed by atoms with E-state index in [-0.39, 0.29) is 36.5 Å². The third-order valence-corrected chi connectivity index (χ3v) is 2.16. The predicted octanol–water partition coefficient (Wildman–Crippen LogP) is 1.73. The Morgan fingerprint density at radius 2 is 2.12 bits per heavy atom. The fraction of sp³-hybridized carbons (Fsp3) is 0.400. The maximum absolute atomic E-state index is 12.4. The van der Waals surface area contributed by atoms with Gasteiger partial charge in [0.05, 0.1) is 18.0 Å². The first kappa shape index (κ1) is 16.0. The van der Waals surface area contributed by atoms with Crippen LogP contribution in [0, 0.1) is 0 Å². The van der Waals surface area contributed by atoms with Crippen LogP contribution in [0.2, 0.25) is 0 Å². The van der Waals surface area contributed by atoms with E-state index in [0.717, 1.165) is 6.92 Å². The topological polar surface area (TPSA) is 50.2 Å². The fourth-order valence-electron chi connectivity index (χ4n) is 1.21. The summed E-state index contributed by atoms with van der Waals surface area (Å²) in [6.07, 6.45) is -3.52. The molecule has 1 aromatic heterocycles. The number of aliphatic carboxylic acids is 1. The van der Waals surface area contributed by atoms with Crippen molar-refractivity contribution in [1.29, 1.82) is 0 Å². The van der Waals surface area contributed by atoms with E-state index in [1.807, 2.05) is 0 Å². The Bertz CT molecular complexity index is 395. The molecule has 1 heterocycles. The van der Waals surface area contributed by atoms with Gasteiger partial charge in [-0.25, -0.2) is 0 Å². The Morgan fingerprint density at radius 3 is 2.59 bits per heavy atom. The van der Waals surface area contributed by atoms with Crippen molar-refractivity contribution in [2.75, 3.05) is 0 Å².